The highest BCUT2D eigenvalue weighted by atomic mass is 16.5. The summed E-state index contributed by atoms with van der Waals surface area (Å²) in [6.45, 7) is 0.963. The van der Waals surface area contributed by atoms with Crippen molar-refractivity contribution in [1.82, 2.24) is 5.32 Å². The molecule has 2 saturated heterocycles. The predicted molar refractivity (Wildman–Crippen MR) is 60.5 cm³/mol. The Bertz CT molecular complexity index is 289. The third-order valence-electron chi connectivity index (χ3n) is 3.83. The molecule has 0 bridgehead atoms. The van der Waals surface area contributed by atoms with Crippen LogP contribution in [-0.4, -0.2) is 18.8 Å². The largest absolute Gasteiger partial charge is 0.383 e. The van der Waals surface area contributed by atoms with Gasteiger partial charge in [0.1, 0.15) is 0 Å². The van der Waals surface area contributed by atoms with Crippen LogP contribution in [0.1, 0.15) is 32.1 Å². The first-order valence-electron chi connectivity index (χ1n) is 6.18. The van der Waals surface area contributed by atoms with Crippen LogP contribution in [0.5, 0.6) is 0 Å². The first kappa shape index (κ1) is 9.46. The SMILES string of the molecule is C1=CCC2CC(C3CCCCO3)NC2=C1. The topological polar surface area (TPSA) is 21.3 Å². The number of allylic oxidation sites excluding steroid dienone is 4. The molecule has 3 aliphatic rings. The van der Waals surface area contributed by atoms with Crippen molar-refractivity contribution >= 4 is 0 Å². The van der Waals surface area contributed by atoms with E-state index in [1.54, 1.807) is 0 Å². The van der Waals surface area contributed by atoms with E-state index in [0.717, 1.165) is 12.5 Å². The maximum Gasteiger partial charge on any atom is 0.0776 e. The first-order valence-corrected chi connectivity index (χ1v) is 6.18. The van der Waals surface area contributed by atoms with Crippen LogP contribution < -0.4 is 5.32 Å². The Balaban J connectivity index is 1.65. The monoisotopic (exact) mass is 205 g/mol. The van der Waals surface area contributed by atoms with Gasteiger partial charge in [-0.1, -0.05) is 12.2 Å². The number of nitrogens with one attached hydrogen (secondary N) is 1. The fourth-order valence-electron chi connectivity index (χ4n) is 2.97. The van der Waals surface area contributed by atoms with Crippen molar-refractivity contribution < 1.29 is 4.74 Å². The van der Waals surface area contributed by atoms with Gasteiger partial charge in [-0.3, -0.25) is 0 Å². The highest BCUT2D eigenvalue weighted by Crippen LogP contribution is 2.33. The summed E-state index contributed by atoms with van der Waals surface area (Å²) in [5.41, 5.74) is 1.44. The van der Waals surface area contributed by atoms with Gasteiger partial charge in [0, 0.05) is 18.2 Å². The summed E-state index contributed by atoms with van der Waals surface area (Å²) in [6.07, 6.45) is 13.4. The Morgan fingerprint density at radius 2 is 2.33 bits per heavy atom. The van der Waals surface area contributed by atoms with Crippen LogP contribution in [0.2, 0.25) is 0 Å². The molecule has 0 radical (unpaired) electrons. The van der Waals surface area contributed by atoms with E-state index >= 15 is 0 Å². The van der Waals surface area contributed by atoms with E-state index in [-0.39, 0.29) is 0 Å². The summed E-state index contributed by atoms with van der Waals surface area (Å²) < 4.78 is 5.86. The molecule has 1 aliphatic carbocycles. The van der Waals surface area contributed by atoms with Crippen molar-refractivity contribution in [2.75, 3.05) is 6.61 Å². The van der Waals surface area contributed by atoms with E-state index in [1.807, 2.05) is 0 Å². The van der Waals surface area contributed by atoms with Crippen LogP contribution in [0.3, 0.4) is 0 Å². The van der Waals surface area contributed by atoms with E-state index in [1.165, 1.54) is 37.8 Å². The van der Waals surface area contributed by atoms with E-state index in [2.05, 4.69) is 23.5 Å². The third-order valence-corrected chi connectivity index (χ3v) is 3.83. The van der Waals surface area contributed by atoms with Gasteiger partial charge in [-0.25, -0.2) is 0 Å². The molecule has 0 amide bonds. The number of hydrogen-bond acceptors (Lipinski definition) is 2. The third kappa shape index (κ3) is 1.83. The van der Waals surface area contributed by atoms with Crippen molar-refractivity contribution in [3.8, 4) is 0 Å². The Kier molecular flexibility index (Phi) is 2.53. The lowest BCUT2D eigenvalue weighted by atomic mass is 9.93. The molecule has 0 spiro atoms. The van der Waals surface area contributed by atoms with Crippen LogP contribution in [0.15, 0.2) is 23.9 Å². The highest BCUT2D eigenvalue weighted by molar-refractivity contribution is 5.24. The fraction of sp³-hybridized carbons (Fsp3) is 0.692. The molecule has 0 saturated carbocycles. The smallest absolute Gasteiger partial charge is 0.0776 e. The number of fused-ring (bicyclic) bond motifs is 1. The molecule has 3 unspecified atom stereocenters. The average Bonchev–Trinajstić information content (AvgIpc) is 2.74. The molecule has 1 N–H and O–H groups in total. The maximum absolute atomic E-state index is 5.86. The van der Waals surface area contributed by atoms with Crippen LogP contribution in [-0.2, 0) is 4.74 Å². The lowest BCUT2D eigenvalue weighted by molar-refractivity contribution is -0.00372. The van der Waals surface area contributed by atoms with Crippen molar-refractivity contribution in [3.63, 3.8) is 0 Å². The van der Waals surface area contributed by atoms with Crippen molar-refractivity contribution in [2.45, 2.75) is 44.2 Å². The van der Waals surface area contributed by atoms with Crippen LogP contribution in [0.25, 0.3) is 0 Å². The molecule has 3 rings (SSSR count). The second kappa shape index (κ2) is 4.01. The number of ether oxygens (including phenoxy) is 1. The van der Waals surface area contributed by atoms with Gasteiger partial charge < -0.3 is 10.1 Å². The van der Waals surface area contributed by atoms with E-state index < -0.39 is 0 Å². The lowest BCUT2D eigenvalue weighted by Crippen LogP contribution is -2.38. The van der Waals surface area contributed by atoms with E-state index in [0.29, 0.717) is 12.1 Å². The van der Waals surface area contributed by atoms with Gasteiger partial charge in [-0.15, -0.1) is 0 Å². The molecule has 2 aliphatic heterocycles. The molecule has 15 heavy (non-hydrogen) atoms. The Labute approximate surface area is 91.4 Å². The molecule has 2 nitrogen and oxygen atoms in total. The molecular formula is C13H19NO. The molecule has 0 aromatic carbocycles. The minimum absolute atomic E-state index is 0.463. The molecular weight excluding hydrogens is 186 g/mol. The van der Waals surface area contributed by atoms with Crippen LogP contribution in [0.4, 0.5) is 0 Å². The van der Waals surface area contributed by atoms with Gasteiger partial charge in [0.05, 0.1) is 12.1 Å². The molecule has 2 fully saturated rings. The summed E-state index contributed by atoms with van der Waals surface area (Å²) in [4.78, 5) is 0. The first-order chi connectivity index (χ1) is 7.43. The molecule has 2 heterocycles. The number of rotatable bonds is 1. The molecule has 0 aromatic heterocycles. The number of hydrogen-bond donors (Lipinski definition) is 1. The van der Waals surface area contributed by atoms with Gasteiger partial charge in [-0.2, -0.15) is 0 Å². The van der Waals surface area contributed by atoms with Crippen LogP contribution in [0, 0.1) is 5.92 Å². The summed E-state index contributed by atoms with van der Waals surface area (Å²) in [7, 11) is 0. The molecule has 82 valence electrons. The summed E-state index contributed by atoms with van der Waals surface area (Å²) in [6, 6.07) is 0.571. The quantitative estimate of drug-likeness (QED) is 0.709. The Hall–Kier alpha value is -0.760. The average molecular weight is 205 g/mol. The fourth-order valence-corrected chi connectivity index (χ4v) is 2.97. The summed E-state index contributed by atoms with van der Waals surface area (Å²) >= 11 is 0. The van der Waals surface area contributed by atoms with Crippen molar-refractivity contribution in [2.24, 2.45) is 5.92 Å². The minimum atomic E-state index is 0.463. The second-order valence-corrected chi connectivity index (χ2v) is 4.87. The molecule has 2 heteroatoms. The second-order valence-electron chi connectivity index (χ2n) is 4.87. The summed E-state index contributed by atoms with van der Waals surface area (Å²) in [5.74, 6) is 0.741. The van der Waals surface area contributed by atoms with Crippen molar-refractivity contribution in [1.29, 1.82) is 0 Å². The zero-order valence-electron chi connectivity index (χ0n) is 9.11. The van der Waals surface area contributed by atoms with E-state index in [9.17, 15) is 0 Å². The zero-order valence-corrected chi connectivity index (χ0v) is 9.11. The predicted octanol–water partition coefficient (Wildman–Crippen LogP) is 2.38. The standard InChI is InChI=1S/C13H19NO/c1-2-6-11-10(5-1)9-12(14-11)13-7-3-4-8-15-13/h1-2,6,10,12-14H,3-5,7-9H2. The van der Waals surface area contributed by atoms with Crippen LogP contribution >= 0.6 is 0 Å². The lowest BCUT2D eigenvalue weighted by Gasteiger charge is -2.28. The van der Waals surface area contributed by atoms with Gasteiger partial charge in [0.2, 0.25) is 0 Å². The van der Waals surface area contributed by atoms with Gasteiger partial charge in [-0.05, 0) is 38.2 Å². The summed E-state index contributed by atoms with van der Waals surface area (Å²) in [5, 5.41) is 3.65. The highest BCUT2D eigenvalue weighted by Gasteiger charge is 2.34. The molecule has 3 atom stereocenters. The van der Waals surface area contributed by atoms with E-state index in [4.69, 9.17) is 4.74 Å². The minimum Gasteiger partial charge on any atom is -0.383 e. The normalized spacial score (nSPS) is 39.5. The maximum atomic E-state index is 5.86. The van der Waals surface area contributed by atoms with Crippen molar-refractivity contribution in [3.05, 3.63) is 23.9 Å². The molecule has 0 aromatic rings. The van der Waals surface area contributed by atoms with Gasteiger partial charge in [0.15, 0.2) is 0 Å². The van der Waals surface area contributed by atoms with Gasteiger partial charge in [0.25, 0.3) is 0 Å². The Morgan fingerprint density at radius 1 is 1.33 bits per heavy atom. The van der Waals surface area contributed by atoms with Gasteiger partial charge >= 0.3 is 0 Å². The Morgan fingerprint density at radius 3 is 3.13 bits per heavy atom. The zero-order chi connectivity index (χ0) is 10.1.